The lowest BCUT2D eigenvalue weighted by molar-refractivity contribution is -0.147. The quantitative estimate of drug-likeness (QED) is 0.607. The molecular formula is C14H17NO3. The third kappa shape index (κ3) is 1.88. The minimum atomic E-state index is -0.802. The Bertz CT molecular complexity index is 482. The van der Waals surface area contributed by atoms with Gasteiger partial charge in [0, 0.05) is 11.7 Å². The molecule has 1 aromatic rings. The van der Waals surface area contributed by atoms with Gasteiger partial charge in [0.15, 0.2) is 5.92 Å². The zero-order chi connectivity index (χ0) is 13.3. The summed E-state index contributed by atoms with van der Waals surface area (Å²) in [4.78, 5) is 25.9. The van der Waals surface area contributed by atoms with Crippen LogP contribution < -0.4 is 4.90 Å². The van der Waals surface area contributed by atoms with Crippen molar-refractivity contribution in [2.75, 3.05) is 11.5 Å². The lowest BCUT2D eigenvalue weighted by Crippen LogP contribution is -2.37. The maximum absolute atomic E-state index is 12.3. The lowest BCUT2D eigenvalue weighted by Gasteiger charge is -2.22. The average Bonchev–Trinajstić information content (AvgIpc) is 2.61. The van der Waals surface area contributed by atoms with Crippen LogP contribution in [0, 0.1) is 0 Å². The van der Waals surface area contributed by atoms with Crippen molar-refractivity contribution in [3.63, 3.8) is 0 Å². The number of fused-ring (bicyclic) bond motifs is 1. The van der Waals surface area contributed by atoms with Gasteiger partial charge in [-0.2, -0.15) is 0 Å². The van der Waals surface area contributed by atoms with E-state index in [4.69, 9.17) is 4.74 Å². The molecule has 0 radical (unpaired) electrons. The molecule has 0 spiro atoms. The number of anilines is 1. The number of para-hydroxylation sites is 1. The summed E-state index contributed by atoms with van der Waals surface area (Å²) in [5, 5.41) is 0. The Morgan fingerprint density at radius 3 is 2.67 bits per heavy atom. The van der Waals surface area contributed by atoms with Crippen molar-refractivity contribution in [3.8, 4) is 0 Å². The van der Waals surface area contributed by atoms with Crippen LogP contribution in [0.5, 0.6) is 0 Å². The largest absolute Gasteiger partial charge is 0.465 e. The highest BCUT2D eigenvalue weighted by atomic mass is 16.5. The molecule has 1 atom stereocenters. The summed E-state index contributed by atoms with van der Waals surface area (Å²) in [5.41, 5.74) is 1.56. The first-order chi connectivity index (χ1) is 8.57. The fourth-order valence-corrected chi connectivity index (χ4v) is 2.33. The molecule has 0 fully saturated rings. The minimum Gasteiger partial charge on any atom is -0.465 e. The van der Waals surface area contributed by atoms with Crippen LogP contribution in [-0.4, -0.2) is 24.5 Å². The Morgan fingerprint density at radius 1 is 1.39 bits per heavy atom. The molecule has 1 aromatic carbocycles. The summed E-state index contributed by atoms with van der Waals surface area (Å²) in [5.74, 6) is -1.45. The van der Waals surface area contributed by atoms with E-state index in [0.29, 0.717) is 0 Å². The van der Waals surface area contributed by atoms with E-state index >= 15 is 0 Å². The molecule has 1 amide bonds. The number of benzene rings is 1. The topological polar surface area (TPSA) is 46.6 Å². The van der Waals surface area contributed by atoms with Gasteiger partial charge in [-0.3, -0.25) is 9.59 Å². The van der Waals surface area contributed by atoms with Gasteiger partial charge in [0.05, 0.1) is 6.61 Å². The molecular weight excluding hydrogens is 230 g/mol. The molecule has 0 aromatic heterocycles. The molecule has 4 nitrogen and oxygen atoms in total. The first-order valence-corrected chi connectivity index (χ1v) is 6.16. The summed E-state index contributed by atoms with van der Waals surface area (Å²) >= 11 is 0. The van der Waals surface area contributed by atoms with Gasteiger partial charge in [-0.05, 0) is 32.4 Å². The van der Waals surface area contributed by atoms with Gasteiger partial charge in [0.2, 0.25) is 5.91 Å². The maximum atomic E-state index is 12.3. The standard InChI is InChI=1S/C14H17NO3/c1-4-18-14(17)12-10-7-5-6-8-11(10)15(9(2)3)13(12)16/h5-9,12H,4H2,1-3H3. The molecule has 18 heavy (non-hydrogen) atoms. The van der Waals surface area contributed by atoms with Crippen molar-refractivity contribution < 1.29 is 14.3 Å². The van der Waals surface area contributed by atoms with Crippen LogP contribution in [0.1, 0.15) is 32.3 Å². The predicted octanol–water partition coefficient (Wildman–Crippen LogP) is 2.09. The number of carbonyl (C=O) groups is 2. The van der Waals surface area contributed by atoms with E-state index in [1.165, 1.54) is 0 Å². The Kier molecular flexibility index (Phi) is 3.36. The lowest BCUT2D eigenvalue weighted by atomic mass is 10.0. The van der Waals surface area contributed by atoms with Crippen molar-refractivity contribution in [2.24, 2.45) is 0 Å². The first kappa shape index (κ1) is 12.6. The van der Waals surface area contributed by atoms with E-state index in [1.54, 1.807) is 11.8 Å². The normalized spacial score (nSPS) is 18.1. The van der Waals surface area contributed by atoms with E-state index in [1.807, 2.05) is 38.1 Å². The smallest absolute Gasteiger partial charge is 0.323 e. The molecule has 0 bridgehead atoms. The highest BCUT2D eigenvalue weighted by Gasteiger charge is 2.43. The van der Waals surface area contributed by atoms with E-state index in [0.717, 1.165) is 11.3 Å². The Hall–Kier alpha value is -1.84. The number of rotatable bonds is 3. The maximum Gasteiger partial charge on any atom is 0.323 e. The number of esters is 1. The number of nitrogens with zero attached hydrogens (tertiary/aromatic N) is 1. The molecule has 96 valence electrons. The molecule has 1 aliphatic rings. The van der Waals surface area contributed by atoms with Gasteiger partial charge in [0.1, 0.15) is 0 Å². The second kappa shape index (κ2) is 4.80. The van der Waals surface area contributed by atoms with Gasteiger partial charge in [-0.25, -0.2) is 0 Å². The number of ether oxygens (including phenoxy) is 1. The summed E-state index contributed by atoms with van der Waals surface area (Å²) in [6.45, 7) is 5.89. The molecule has 0 aliphatic carbocycles. The van der Waals surface area contributed by atoms with E-state index in [2.05, 4.69) is 0 Å². The number of carbonyl (C=O) groups excluding carboxylic acids is 2. The third-order valence-corrected chi connectivity index (χ3v) is 3.03. The van der Waals surface area contributed by atoms with Crippen LogP contribution in [0.4, 0.5) is 5.69 Å². The van der Waals surface area contributed by atoms with Crippen LogP contribution in [0.2, 0.25) is 0 Å². The molecule has 0 saturated carbocycles. The van der Waals surface area contributed by atoms with Gasteiger partial charge in [-0.15, -0.1) is 0 Å². The number of hydrogen-bond acceptors (Lipinski definition) is 3. The van der Waals surface area contributed by atoms with Gasteiger partial charge in [0.25, 0.3) is 0 Å². The fraction of sp³-hybridized carbons (Fsp3) is 0.429. The Morgan fingerprint density at radius 2 is 2.06 bits per heavy atom. The van der Waals surface area contributed by atoms with Crippen LogP contribution in [0.3, 0.4) is 0 Å². The highest BCUT2D eigenvalue weighted by Crippen LogP contribution is 2.38. The van der Waals surface area contributed by atoms with Crippen LogP contribution in [-0.2, 0) is 14.3 Å². The zero-order valence-electron chi connectivity index (χ0n) is 10.8. The molecule has 1 unspecified atom stereocenters. The first-order valence-electron chi connectivity index (χ1n) is 6.16. The summed E-state index contributed by atoms with van der Waals surface area (Å²) in [7, 11) is 0. The van der Waals surface area contributed by atoms with Gasteiger partial charge < -0.3 is 9.64 Å². The number of hydrogen-bond donors (Lipinski definition) is 0. The monoisotopic (exact) mass is 247 g/mol. The zero-order valence-corrected chi connectivity index (χ0v) is 10.8. The third-order valence-electron chi connectivity index (χ3n) is 3.03. The predicted molar refractivity (Wildman–Crippen MR) is 68.4 cm³/mol. The molecule has 0 N–H and O–H groups in total. The summed E-state index contributed by atoms with van der Waals surface area (Å²) in [6.07, 6.45) is 0. The average molecular weight is 247 g/mol. The summed E-state index contributed by atoms with van der Waals surface area (Å²) < 4.78 is 4.99. The van der Waals surface area contributed by atoms with Crippen LogP contribution >= 0.6 is 0 Å². The van der Waals surface area contributed by atoms with Crippen molar-refractivity contribution in [1.82, 2.24) is 0 Å². The number of amides is 1. The molecule has 0 saturated heterocycles. The van der Waals surface area contributed by atoms with Crippen molar-refractivity contribution in [1.29, 1.82) is 0 Å². The van der Waals surface area contributed by atoms with Gasteiger partial charge in [-0.1, -0.05) is 18.2 Å². The Balaban J connectivity index is 2.45. The molecule has 2 rings (SSSR count). The minimum absolute atomic E-state index is 0.0260. The van der Waals surface area contributed by atoms with Crippen molar-refractivity contribution in [2.45, 2.75) is 32.7 Å². The molecule has 1 aliphatic heterocycles. The van der Waals surface area contributed by atoms with Crippen LogP contribution in [0.25, 0.3) is 0 Å². The molecule has 4 heteroatoms. The van der Waals surface area contributed by atoms with Crippen LogP contribution in [0.15, 0.2) is 24.3 Å². The SMILES string of the molecule is CCOC(=O)C1C(=O)N(C(C)C)c2ccccc21. The molecule has 1 heterocycles. The van der Waals surface area contributed by atoms with E-state index in [-0.39, 0.29) is 18.6 Å². The van der Waals surface area contributed by atoms with Crippen molar-refractivity contribution in [3.05, 3.63) is 29.8 Å². The second-order valence-electron chi connectivity index (χ2n) is 4.55. The van der Waals surface area contributed by atoms with Crippen molar-refractivity contribution >= 4 is 17.6 Å². The highest BCUT2D eigenvalue weighted by molar-refractivity contribution is 6.16. The Labute approximate surface area is 107 Å². The van der Waals surface area contributed by atoms with E-state index in [9.17, 15) is 9.59 Å². The summed E-state index contributed by atoms with van der Waals surface area (Å²) in [6, 6.07) is 7.42. The second-order valence-corrected chi connectivity index (χ2v) is 4.55. The van der Waals surface area contributed by atoms with Gasteiger partial charge >= 0.3 is 5.97 Å². The fourth-order valence-electron chi connectivity index (χ4n) is 2.33. The van der Waals surface area contributed by atoms with E-state index < -0.39 is 11.9 Å².